The predicted molar refractivity (Wildman–Crippen MR) is 269 cm³/mol. The third kappa shape index (κ3) is 5.02. The average molecular weight is 816 g/mol. The Balaban J connectivity index is 1.09. The first-order valence-corrected chi connectivity index (χ1v) is 22.1. The fourth-order valence-corrected chi connectivity index (χ4v) is 11.4. The molecule has 0 saturated carbocycles. The summed E-state index contributed by atoms with van der Waals surface area (Å²) in [5.74, 6) is 0.889. The molecule has 0 radical (unpaired) electrons. The van der Waals surface area contributed by atoms with Gasteiger partial charge in [0.1, 0.15) is 11.3 Å². The van der Waals surface area contributed by atoms with Crippen LogP contribution in [0.15, 0.2) is 223 Å². The van der Waals surface area contributed by atoms with Crippen LogP contribution in [0.4, 0.5) is 17.1 Å². The second-order valence-electron chi connectivity index (χ2n) is 17.2. The minimum atomic E-state index is -0.417. The first-order valence-electron chi connectivity index (χ1n) is 22.1. The van der Waals surface area contributed by atoms with Gasteiger partial charge in [-0.3, -0.25) is 0 Å². The molecular formula is C62H41NO. The molecule has 1 aromatic heterocycles. The molecule has 0 aliphatic heterocycles. The molecule has 13 rings (SSSR count). The quantitative estimate of drug-likeness (QED) is 0.123. The number of benzene rings is 10. The van der Waals surface area contributed by atoms with Crippen LogP contribution in [0.3, 0.4) is 0 Å². The van der Waals surface area contributed by atoms with Crippen LogP contribution in [-0.4, -0.2) is 0 Å². The lowest BCUT2D eigenvalue weighted by molar-refractivity contribution is 0.577. The van der Waals surface area contributed by atoms with Gasteiger partial charge in [-0.25, -0.2) is 0 Å². The summed E-state index contributed by atoms with van der Waals surface area (Å²) in [5.41, 5.74) is 17.5. The highest BCUT2D eigenvalue weighted by Crippen LogP contribution is 2.63. The molecule has 11 aromatic rings. The zero-order valence-electron chi connectivity index (χ0n) is 35.3. The Labute approximate surface area is 372 Å². The maximum absolute atomic E-state index is 6.27. The van der Waals surface area contributed by atoms with Gasteiger partial charge >= 0.3 is 0 Å². The molecule has 0 N–H and O–H groups in total. The molecule has 1 heterocycles. The molecule has 0 fully saturated rings. The molecule has 64 heavy (non-hydrogen) atoms. The van der Waals surface area contributed by atoms with E-state index in [1.54, 1.807) is 0 Å². The molecule has 300 valence electrons. The van der Waals surface area contributed by atoms with Gasteiger partial charge in [-0.15, -0.1) is 0 Å². The molecule has 0 unspecified atom stereocenters. The highest BCUT2D eigenvalue weighted by atomic mass is 16.3. The van der Waals surface area contributed by atoms with E-state index in [-0.39, 0.29) is 0 Å². The van der Waals surface area contributed by atoms with Gasteiger partial charge in [-0.2, -0.15) is 0 Å². The van der Waals surface area contributed by atoms with Gasteiger partial charge in [0.15, 0.2) is 0 Å². The molecule has 10 aromatic carbocycles. The molecule has 2 heteroatoms. The SMILES string of the molecule is C=C/C=C\c1c(C)oc2ccc(-c3ccccc3N(c3ccc4c(c3)-c3ccccc3C43c4ccccc4-c4ccccc43)c3ccc4c5ccccc5c5ccccc5c4c3)cc12. The number of hydrogen-bond donors (Lipinski definition) is 0. The van der Waals surface area contributed by atoms with Gasteiger partial charge in [0.05, 0.1) is 11.1 Å². The van der Waals surface area contributed by atoms with E-state index >= 15 is 0 Å². The molecule has 0 bridgehead atoms. The summed E-state index contributed by atoms with van der Waals surface area (Å²) >= 11 is 0. The van der Waals surface area contributed by atoms with E-state index in [0.29, 0.717) is 0 Å². The number of hydrogen-bond acceptors (Lipinski definition) is 2. The number of aryl methyl sites for hydroxylation is 1. The Morgan fingerprint density at radius 2 is 0.938 bits per heavy atom. The lowest BCUT2D eigenvalue weighted by Crippen LogP contribution is -2.25. The Kier molecular flexibility index (Phi) is 7.92. The highest BCUT2D eigenvalue weighted by molar-refractivity contribution is 6.26. The van der Waals surface area contributed by atoms with E-state index in [9.17, 15) is 0 Å². The van der Waals surface area contributed by atoms with Gasteiger partial charge in [0.2, 0.25) is 0 Å². The van der Waals surface area contributed by atoms with E-state index in [4.69, 9.17) is 4.42 Å². The zero-order chi connectivity index (χ0) is 42.5. The molecule has 1 spiro atoms. The van der Waals surface area contributed by atoms with Crippen molar-refractivity contribution in [2.45, 2.75) is 12.3 Å². The number of furan rings is 1. The van der Waals surface area contributed by atoms with Crippen LogP contribution < -0.4 is 4.90 Å². The number of anilines is 3. The van der Waals surface area contributed by atoms with Crippen molar-refractivity contribution in [1.82, 2.24) is 0 Å². The maximum atomic E-state index is 6.27. The summed E-state index contributed by atoms with van der Waals surface area (Å²) in [6, 6.07) is 74.5. The largest absolute Gasteiger partial charge is 0.461 e. The number of para-hydroxylation sites is 1. The van der Waals surface area contributed by atoms with E-state index in [1.807, 2.05) is 19.1 Å². The van der Waals surface area contributed by atoms with Crippen molar-refractivity contribution in [2.24, 2.45) is 0 Å². The fraction of sp³-hybridized carbons (Fsp3) is 0.0323. The van der Waals surface area contributed by atoms with Crippen LogP contribution in [0.2, 0.25) is 0 Å². The minimum Gasteiger partial charge on any atom is -0.461 e. The van der Waals surface area contributed by atoms with Crippen LogP contribution >= 0.6 is 0 Å². The maximum Gasteiger partial charge on any atom is 0.134 e. The van der Waals surface area contributed by atoms with Crippen molar-refractivity contribution in [1.29, 1.82) is 0 Å². The first kappa shape index (κ1) is 36.5. The van der Waals surface area contributed by atoms with E-state index < -0.39 is 5.41 Å². The topological polar surface area (TPSA) is 16.4 Å². The van der Waals surface area contributed by atoms with Gasteiger partial charge in [0, 0.05) is 27.9 Å². The zero-order valence-corrected chi connectivity index (χ0v) is 35.3. The van der Waals surface area contributed by atoms with Crippen LogP contribution in [0, 0.1) is 6.92 Å². The number of allylic oxidation sites excluding steroid dienone is 2. The third-order valence-electron chi connectivity index (χ3n) is 14.0. The highest BCUT2D eigenvalue weighted by Gasteiger charge is 2.51. The fourth-order valence-electron chi connectivity index (χ4n) is 11.4. The Morgan fingerprint density at radius 3 is 1.58 bits per heavy atom. The lowest BCUT2D eigenvalue weighted by Gasteiger charge is -2.31. The predicted octanol–water partition coefficient (Wildman–Crippen LogP) is 16.9. The molecule has 0 amide bonds. The van der Waals surface area contributed by atoms with E-state index in [1.165, 1.54) is 76.8 Å². The van der Waals surface area contributed by atoms with Crippen molar-refractivity contribution in [3.8, 4) is 33.4 Å². The standard InChI is InChI=1S/C62H41NO/c1-3-4-17-43-39(2)64-61-35-30-40(36-55(43)61)44-18-12-16-29-60(44)63(41-31-33-49-47-21-6-5-19-45(47)46-20-7-8-22-48(46)53(49)37-41)42-32-34-59-54(38-42)52-25-11-15-28-58(52)62(59)56-26-13-9-23-50(56)51-24-10-14-27-57(51)62/h3-38H,1H2,2H3/b17-4-. The van der Waals surface area contributed by atoms with Crippen LogP contribution in [0.1, 0.15) is 33.6 Å². The van der Waals surface area contributed by atoms with Crippen molar-refractivity contribution in [3.05, 3.63) is 252 Å². The third-order valence-corrected chi connectivity index (χ3v) is 14.0. The minimum absolute atomic E-state index is 0.417. The van der Waals surface area contributed by atoms with Crippen molar-refractivity contribution in [3.63, 3.8) is 0 Å². The Bertz CT molecular complexity index is 3710. The smallest absolute Gasteiger partial charge is 0.134 e. The normalized spacial score (nSPS) is 13.2. The molecular weight excluding hydrogens is 775 g/mol. The van der Waals surface area contributed by atoms with Gasteiger partial charge in [0.25, 0.3) is 0 Å². The summed E-state index contributed by atoms with van der Waals surface area (Å²) in [7, 11) is 0. The number of rotatable bonds is 6. The monoisotopic (exact) mass is 815 g/mol. The van der Waals surface area contributed by atoms with Gasteiger partial charge < -0.3 is 9.32 Å². The molecule has 2 nitrogen and oxygen atoms in total. The summed E-state index contributed by atoms with van der Waals surface area (Å²) in [6.45, 7) is 5.96. The Hall–Kier alpha value is -8.20. The summed E-state index contributed by atoms with van der Waals surface area (Å²) in [5, 5.41) is 8.59. The summed E-state index contributed by atoms with van der Waals surface area (Å²) in [6.07, 6.45) is 5.88. The first-order chi connectivity index (χ1) is 31.6. The molecule has 2 aliphatic carbocycles. The second kappa shape index (κ2) is 13.9. The average Bonchev–Trinajstić information content (AvgIpc) is 3.95. The summed E-state index contributed by atoms with van der Waals surface area (Å²) in [4.78, 5) is 2.48. The molecule has 2 aliphatic rings. The molecule has 0 saturated heterocycles. The van der Waals surface area contributed by atoms with Crippen LogP contribution in [0.5, 0.6) is 0 Å². The van der Waals surface area contributed by atoms with Crippen LogP contribution in [0.25, 0.3) is 82.7 Å². The summed E-state index contributed by atoms with van der Waals surface area (Å²) < 4.78 is 6.27. The van der Waals surface area contributed by atoms with Crippen LogP contribution in [-0.2, 0) is 5.41 Å². The van der Waals surface area contributed by atoms with Crippen molar-refractivity contribution < 1.29 is 4.42 Å². The van der Waals surface area contributed by atoms with Crippen molar-refractivity contribution in [2.75, 3.05) is 4.90 Å². The van der Waals surface area contributed by atoms with E-state index in [2.05, 4.69) is 218 Å². The number of nitrogens with zero attached hydrogens (tertiary/aromatic N) is 1. The van der Waals surface area contributed by atoms with Crippen molar-refractivity contribution >= 4 is 66.4 Å². The lowest BCUT2D eigenvalue weighted by atomic mass is 9.70. The van der Waals surface area contributed by atoms with Gasteiger partial charge in [-0.1, -0.05) is 183 Å². The second-order valence-corrected chi connectivity index (χ2v) is 17.2. The molecule has 0 atom stereocenters. The van der Waals surface area contributed by atoms with Gasteiger partial charge in [-0.05, 0) is 132 Å². The number of fused-ring (bicyclic) bond motifs is 17. The van der Waals surface area contributed by atoms with E-state index in [0.717, 1.165) is 50.5 Å². The Morgan fingerprint density at radius 1 is 0.438 bits per heavy atom.